The normalized spacial score (nSPS) is 15.8. The topological polar surface area (TPSA) is 91.5 Å². The van der Waals surface area contributed by atoms with Gasteiger partial charge in [0.15, 0.2) is 0 Å². The summed E-state index contributed by atoms with van der Waals surface area (Å²) in [5, 5.41) is 9.48. The van der Waals surface area contributed by atoms with E-state index in [9.17, 15) is 23.6 Å². The van der Waals surface area contributed by atoms with E-state index in [2.05, 4.69) is 20.9 Å². The van der Waals surface area contributed by atoms with Crippen molar-refractivity contribution in [1.29, 1.82) is 5.26 Å². The smallest absolute Gasteiger partial charge is 0.329 e. The van der Waals surface area contributed by atoms with Gasteiger partial charge < -0.3 is 14.2 Å². The van der Waals surface area contributed by atoms with Crippen LogP contribution in [0.4, 0.5) is 14.5 Å². The number of carbonyl (C=O) groups excluding carboxylic acids is 1. The Bertz CT molecular complexity index is 1640. The van der Waals surface area contributed by atoms with Crippen molar-refractivity contribution >= 4 is 38.6 Å². The van der Waals surface area contributed by atoms with Crippen molar-refractivity contribution < 1.29 is 18.3 Å². The fourth-order valence-corrected chi connectivity index (χ4v) is 5.91. The molecule has 1 aliphatic heterocycles. The summed E-state index contributed by atoms with van der Waals surface area (Å²) in [7, 11) is 2.90. The van der Waals surface area contributed by atoms with Crippen LogP contribution < -0.4 is 10.5 Å². The van der Waals surface area contributed by atoms with Gasteiger partial charge in [-0.2, -0.15) is 5.26 Å². The summed E-state index contributed by atoms with van der Waals surface area (Å²) < 4.78 is 34.4. The van der Waals surface area contributed by atoms with Crippen LogP contribution in [0.2, 0.25) is 0 Å². The highest BCUT2D eigenvalue weighted by Gasteiger charge is 2.39. The summed E-state index contributed by atoms with van der Waals surface area (Å²) in [6, 6.07) is 16.1. The largest absolute Gasteiger partial charge is 0.467 e. The summed E-state index contributed by atoms with van der Waals surface area (Å²) in [6.07, 6.45) is 0. The van der Waals surface area contributed by atoms with Gasteiger partial charge >= 0.3 is 5.97 Å². The maximum absolute atomic E-state index is 13.8. The number of halogens is 3. The number of piperazine rings is 1. The number of anilines is 1. The Balaban J connectivity index is 1.62. The van der Waals surface area contributed by atoms with Gasteiger partial charge in [-0.25, -0.2) is 18.6 Å². The van der Waals surface area contributed by atoms with Gasteiger partial charge in [-0.05, 0) is 63.5 Å². The number of ether oxygens (including phenoxy) is 1. The predicted molar refractivity (Wildman–Crippen MR) is 149 cm³/mol. The van der Waals surface area contributed by atoms with E-state index in [0.717, 1.165) is 11.1 Å². The van der Waals surface area contributed by atoms with Crippen molar-refractivity contribution in [2.45, 2.75) is 12.1 Å². The minimum atomic E-state index is -0.860. The number of aryl methyl sites for hydroxylation is 1. The van der Waals surface area contributed by atoms with Crippen LogP contribution in [0.15, 0.2) is 69.9 Å². The van der Waals surface area contributed by atoms with Crippen LogP contribution in [0.25, 0.3) is 11.0 Å². The summed E-state index contributed by atoms with van der Waals surface area (Å²) >= 11 is 3.43. The molecule has 4 aromatic rings. The number of carbonyl (C=O) groups is 1. The SMILES string of the molecule is COC(=O)C1CN(C(c2ccc(F)cc2)c2ccc(F)cc2)CCN1c1c(Br)c(=O)n(C)c2ccc(C#N)nc12. The molecule has 11 heteroatoms. The molecule has 1 saturated heterocycles. The van der Waals surface area contributed by atoms with E-state index < -0.39 is 18.1 Å². The fraction of sp³-hybridized carbons (Fsp3) is 0.241. The molecule has 0 saturated carbocycles. The lowest BCUT2D eigenvalue weighted by Gasteiger charge is -2.44. The number of methoxy groups -OCH3 is 1. The van der Waals surface area contributed by atoms with Crippen molar-refractivity contribution in [3.05, 3.63) is 104 Å². The van der Waals surface area contributed by atoms with Crippen molar-refractivity contribution in [3.63, 3.8) is 0 Å². The average molecular weight is 608 g/mol. The molecule has 1 atom stereocenters. The van der Waals surface area contributed by atoms with E-state index in [1.165, 1.54) is 42.0 Å². The maximum Gasteiger partial charge on any atom is 0.329 e. The van der Waals surface area contributed by atoms with Gasteiger partial charge in [-0.15, -0.1) is 0 Å². The molecule has 0 bridgehead atoms. The van der Waals surface area contributed by atoms with Gasteiger partial charge in [0.1, 0.15) is 39.4 Å². The molecule has 0 aliphatic carbocycles. The molecule has 204 valence electrons. The highest BCUT2D eigenvalue weighted by Crippen LogP contribution is 2.37. The highest BCUT2D eigenvalue weighted by atomic mass is 79.9. The number of rotatable bonds is 5. The molecule has 0 amide bonds. The number of hydrogen-bond donors (Lipinski definition) is 0. The maximum atomic E-state index is 13.8. The van der Waals surface area contributed by atoms with E-state index in [-0.39, 0.29) is 40.4 Å². The van der Waals surface area contributed by atoms with Crippen molar-refractivity contribution in [2.24, 2.45) is 7.05 Å². The molecular formula is C29H24BrF2N5O3. The Morgan fingerprint density at radius 2 is 1.65 bits per heavy atom. The standard InChI is InChI=1S/C29H24BrF2N5O3/c1-35-22-12-11-21(15-33)34-25(22)27(24(30)28(35)38)37-14-13-36(16-23(37)29(39)40-2)26(17-3-7-19(31)8-4-17)18-5-9-20(32)10-6-18/h3-12,23,26H,13-14,16H2,1-2H3. The van der Waals surface area contributed by atoms with Crippen LogP contribution in [-0.2, 0) is 16.6 Å². The molecule has 1 fully saturated rings. The lowest BCUT2D eigenvalue weighted by Crippen LogP contribution is -2.58. The second-order valence-corrected chi connectivity index (χ2v) is 10.2. The number of hydrogen-bond acceptors (Lipinski definition) is 7. The predicted octanol–water partition coefficient (Wildman–Crippen LogP) is 4.30. The number of esters is 1. The van der Waals surface area contributed by atoms with Gasteiger partial charge in [-0.1, -0.05) is 24.3 Å². The van der Waals surface area contributed by atoms with Crippen molar-refractivity contribution in [2.75, 3.05) is 31.6 Å². The lowest BCUT2D eigenvalue weighted by atomic mass is 9.95. The Morgan fingerprint density at radius 1 is 1.05 bits per heavy atom. The molecule has 0 spiro atoms. The third-order valence-electron chi connectivity index (χ3n) is 7.18. The molecule has 2 aromatic heterocycles. The minimum Gasteiger partial charge on any atom is -0.467 e. The first-order chi connectivity index (χ1) is 19.2. The van der Waals surface area contributed by atoms with Crippen molar-refractivity contribution in [3.8, 4) is 6.07 Å². The third-order valence-corrected chi connectivity index (χ3v) is 7.90. The monoisotopic (exact) mass is 607 g/mol. The Kier molecular flexibility index (Phi) is 7.65. The summed E-state index contributed by atoms with van der Waals surface area (Å²) in [5.74, 6) is -1.30. The summed E-state index contributed by atoms with van der Waals surface area (Å²) in [4.78, 5) is 34.7. The summed E-state index contributed by atoms with van der Waals surface area (Å²) in [6.45, 7) is 0.888. The Labute approximate surface area is 237 Å². The highest BCUT2D eigenvalue weighted by molar-refractivity contribution is 9.10. The van der Waals surface area contributed by atoms with Gasteiger partial charge in [0.05, 0.1) is 24.4 Å². The van der Waals surface area contributed by atoms with Crippen molar-refractivity contribution in [1.82, 2.24) is 14.5 Å². The number of nitriles is 1. The van der Waals surface area contributed by atoms with E-state index in [1.54, 1.807) is 42.3 Å². The first-order valence-electron chi connectivity index (χ1n) is 12.4. The second-order valence-electron chi connectivity index (χ2n) is 9.44. The van der Waals surface area contributed by atoms with Crippen LogP contribution >= 0.6 is 15.9 Å². The molecule has 3 heterocycles. The zero-order valence-electron chi connectivity index (χ0n) is 21.6. The molecule has 2 aromatic carbocycles. The second kappa shape index (κ2) is 11.2. The molecule has 40 heavy (non-hydrogen) atoms. The van der Waals surface area contributed by atoms with Gasteiger partial charge in [-0.3, -0.25) is 9.69 Å². The average Bonchev–Trinajstić information content (AvgIpc) is 2.98. The quantitative estimate of drug-likeness (QED) is 0.312. The third kappa shape index (κ3) is 4.96. The molecule has 0 N–H and O–H groups in total. The fourth-order valence-electron chi connectivity index (χ4n) is 5.23. The van der Waals surface area contributed by atoms with Gasteiger partial charge in [0.25, 0.3) is 5.56 Å². The first kappa shape index (κ1) is 27.4. The number of pyridine rings is 2. The molecule has 1 unspecified atom stereocenters. The number of aromatic nitrogens is 2. The van der Waals surface area contributed by atoms with Crippen LogP contribution in [0, 0.1) is 23.0 Å². The van der Waals surface area contributed by atoms with E-state index in [0.29, 0.717) is 23.3 Å². The number of fused-ring (bicyclic) bond motifs is 1. The van der Waals surface area contributed by atoms with E-state index in [1.807, 2.05) is 11.0 Å². The molecular weight excluding hydrogens is 584 g/mol. The van der Waals surface area contributed by atoms with Crippen LogP contribution in [0.5, 0.6) is 0 Å². The first-order valence-corrected chi connectivity index (χ1v) is 13.2. The number of benzene rings is 2. The zero-order valence-corrected chi connectivity index (χ0v) is 23.2. The lowest BCUT2D eigenvalue weighted by molar-refractivity contribution is -0.143. The molecule has 0 radical (unpaired) electrons. The van der Waals surface area contributed by atoms with Crippen LogP contribution in [-0.4, -0.2) is 53.2 Å². The van der Waals surface area contributed by atoms with E-state index in [4.69, 9.17) is 4.74 Å². The van der Waals surface area contributed by atoms with Crippen LogP contribution in [0.1, 0.15) is 22.9 Å². The molecule has 5 rings (SSSR count). The minimum absolute atomic E-state index is 0.167. The number of nitrogens with zero attached hydrogens (tertiary/aromatic N) is 5. The Hall–Kier alpha value is -4.14. The Morgan fingerprint density at radius 3 is 2.20 bits per heavy atom. The van der Waals surface area contributed by atoms with Gasteiger partial charge in [0.2, 0.25) is 0 Å². The van der Waals surface area contributed by atoms with Crippen LogP contribution in [0.3, 0.4) is 0 Å². The molecule has 8 nitrogen and oxygen atoms in total. The summed E-state index contributed by atoms with van der Waals surface area (Å²) in [5.41, 5.74) is 2.67. The van der Waals surface area contributed by atoms with Gasteiger partial charge in [0, 0.05) is 26.7 Å². The zero-order chi connectivity index (χ0) is 28.6. The van der Waals surface area contributed by atoms with E-state index >= 15 is 0 Å². The molecule has 1 aliphatic rings.